The molecular formula is C38H54F6. The van der Waals surface area contributed by atoms with E-state index >= 15 is 0 Å². The van der Waals surface area contributed by atoms with E-state index in [0.29, 0.717) is 36.0 Å². The van der Waals surface area contributed by atoms with Gasteiger partial charge in [-0.25, -0.2) is 0 Å². The Hall–Kier alpha value is -2.86. The first-order valence-electron chi connectivity index (χ1n) is 15.2. The molecule has 0 N–H and O–H groups in total. The van der Waals surface area contributed by atoms with Crippen LogP contribution >= 0.6 is 0 Å². The van der Waals surface area contributed by atoms with Crippen molar-refractivity contribution in [1.82, 2.24) is 0 Å². The van der Waals surface area contributed by atoms with E-state index in [0.717, 1.165) is 63.4 Å². The Morgan fingerprint density at radius 3 is 1.41 bits per heavy atom. The summed E-state index contributed by atoms with van der Waals surface area (Å²) in [5.41, 5.74) is 1.35. The highest BCUT2D eigenvalue weighted by molar-refractivity contribution is 5.54. The van der Waals surface area contributed by atoms with E-state index < -0.39 is 17.9 Å². The summed E-state index contributed by atoms with van der Waals surface area (Å²) in [6.07, 6.45) is 1.55. The number of hydrogen-bond donors (Lipinski definition) is 0. The zero-order valence-corrected chi connectivity index (χ0v) is 26.1. The van der Waals surface area contributed by atoms with Crippen LogP contribution in [0.15, 0.2) is 24.3 Å². The second-order valence-electron chi connectivity index (χ2n) is 10.6. The van der Waals surface area contributed by atoms with Gasteiger partial charge in [0.05, 0.1) is 11.1 Å². The Kier molecular flexibility index (Phi) is 21.4. The van der Waals surface area contributed by atoms with Crippen molar-refractivity contribution in [2.75, 3.05) is 0 Å². The van der Waals surface area contributed by atoms with Crippen molar-refractivity contribution in [2.24, 2.45) is 0 Å². The van der Waals surface area contributed by atoms with Crippen molar-refractivity contribution in [3.63, 3.8) is 0 Å². The summed E-state index contributed by atoms with van der Waals surface area (Å²) >= 11 is 0. The molecule has 0 spiro atoms. The van der Waals surface area contributed by atoms with Gasteiger partial charge >= 0.3 is 12.4 Å². The van der Waals surface area contributed by atoms with Gasteiger partial charge in [-0.15, -0.1) is 0 Å². The third-order valence-electron chi connectivity index (χ3n) is 6.99. The lowest BCUT2D eigenvalue weighted by molar-refractivity contribution is -0.139. The van der Waals surface area contributed by atoms with Crippen LogP contribution < -0.4 is 0 Å². The predicted molar refractivity (Wildman–Crippen MR) is 176 cm³/mol. The monoisotopic (exact) mass is 624 g/mol. The largest absolute Gasteiger partial charge is 0.417 e. The minimum Gasteiger partial charge on any atom is -0.166 e. The van der Waals surface area contributed by atoms with E-state index in [-0.39, 0.29) is 31.5 Å². The summed E-state index contributed by atoms with van der Waals surface area (Å²) in [5, 5.41) is 0. The molecule has 0 saturated heterocycles. The molecule has 0 aliphatic rings. The molecule has 0 nitrogen and oxygen atoms in total. The van der Waals surface area contributed by atoms with Crippen LogP contribution in [0.1, 0.15) is 151 Å². The third-order valence-corrected chi connectivity index (χ3v) is 6.99. The molecule has 6 heteroatoms. The van der Waals surface area contributed by atoms with Crippen LogP contribution in [-0.4, -0.2) is 0 Å². The first-order valence-corrected chi connectivity index (χ1v) is 15.2. The molecule has 0 bridgehead atoms. The van der Waals surface area contributed by atoms with Gasteiger partial charge in [-0.2, -0.15) is 26.3 Å². The van der Waals surface area contributed by atoms with Crippen LogP contribution in [0.4, 0.5) is 26.3 Å². The summed E-state index contributed by atoms with van der Waals surface area (Å²) in [6.45, 7) is 11.2. The number of alkyl halides is 6. The molecule has 0 aliphatic heterocycles. The molecule has 248 valence electrons. The summed E-state index contributed by atoms with van der Waals surface area (Å²) < 4.78 is 80.0. The van der Waals surface area contributed by atoms with E-state index in [1.807, 2.05) is 19.9 Å². The van der Waals surface area contributed by atoms with Gasteiger partial charge in [-0.3, -0.25) is 0 Å². The first kappa shape index (κ1) is 43.3. The second-order valence-corrected chi connectivity index (χ2v) is 10.6. The maximum atomic E-state index is 13.4. The molecule has 0 aliphatic carbocycles. The van der Waals surface area contributed by atoms with Crippen LogP contribution in [0.3, 0.4) is 0 Å². The quantitative estimate of drug-likeness (QED) is 0.140. The van der Waals surface area contributed by atoms with Gasteiger partial charge in [0.2, 0.25) is 0 Å². The fraction of sp³-hybridized carbons (Fsp3) is 0.579. The normalized spacial score (nSPS) is 10.6. The summed E-state index contributed by atoms with van der Waals surface area (Å²) in [6, 6.07) is 6.66. The fourth-order valence-electron chi connectivity index (χ4n) is 4.70. The molecule has 2 aromatic carbocycles. The van der Waals surface area contributed by atoms with E-state index in [9.17, 15) is 26.3 Å². The topological polar surface area (TPSA) is 0 Å². The van der Waals surface area contributed by atoms with Crippen molar-refractivity contribution < 1.29 is 26.3 Å². The number of unbranched alkanes of at least 4 members (excludes halogenated alkanes) is 6. The van der Waals surface area contributed by atoms with Crippen molar-refractivity contribution in [3.8, 4) is 23.7 Å². The maximum Gasteiger partial charge on any atom is 0.417 e. The Balaban J connectivity index is 0. The van der Waals surface area contributed by atoms with Gasteiger partial charge < -0.3 is 0 Å². The highest BCUT2D eigenvalue weighted by atomic mass is 19.4. The highest BCUT2D eigenvalue weighted by Crippen LogP contribution is 2.37. The Morgan fingerprint density at radius 2 is 0.955 bits per heavy atom. The standard InChI is InChI=1S/C18H27F3.C18H19F3.2CH4/c2*1-4-6-8-10-15-12-13-16(11-9-7-5-2)17(14(15)3)18(19,20)21;;/h12-13H,4-11H2,1-3H3;12-13H,4-7H2,1-3H3;2*1H4. The van der Waals surface area contributed by atoms with Gasteiger partial charge in [0.15, 0.2) is 0 Å². The Bertz CT molecular complexity index is 1230. The minimum absolute atomic E-state index is 0. The zero-order chi connectivity index (χ0) is 31.8. The number of hydrogen-bond acceptors (Lipinski definition) is 0. The van der Waals surface area contributed by atoms with E-state index in [1.165, 1.54) is 13.0 Å². The summed E-state index contributed by atoms with van der Waals surface area (Å²) in [4.78, 5) is 0. The van der Waals surface area contributed by atoms with Crippen molar-refractivity contribution in [2.45, 2.75) is 146 Å². The van der Waals surface area contributed by atoms with Crippen LogP contribution in [0.5, 0.6) is 0 Å². The molecule has 0 atom stereocenters. The molecule has 0 amide bonds. The average molecular weight is 625 g/mol. The molecule has 44 heavy (non-hydrogen) atoms. The fourth-order valence-corrected chi connectivity index (χ4v) is 4.70. The van der Waals surface area contributed by atoms with Crippen LogP contribution in [0.25, 0.3) is 0 Å². The third kappa shape index (κ3) is 14.3. The maximum absolute atomic E-state index is 13.4. The van der Waals surface area contributed by atoms with Crippen LogP contribution in [0.2, 0.25) is 0 Å². The summed E-state index contributed by atoms with van der Waals surface area (Å²) in [5.74, 6) is 11.1. The smallest absolute Gasteiger partial charge is 0.166 e. The Morgan fingerprint density at radius 1 is 0.523 bits per heavy atom. The highest BCUT2D eigenvalue weighted by Gasteiger charge is 2.36. The zero-order valence-electron chi connectivity index (χ0n) is 26.1. The lowest BCUT2D eigenvalue weighted by Gasteiger charge is -2.19. The lowest BCUT2D eigenvalue weighted by Crippen LogP contribution is -2.13. The molecule has 2 aromatic rings. The van der Waals surface area contributed by atoms with Gasteiger partial charge in [-0.1, -0.05) is 104 Å². The molecule has 0 unspecified atom stereocenters. The molecule has 0 fully saturated rings. The van der Waals surface area contributed by atoms with Crippen molar-refractivity contribution >= 4 is 0 Å². The second kappa shape index (κ2) is 21.8. The average Bonchev–Trinajstić information content (AvgIpc) is 2.90. The van der Waals surface area contributed by atoms with Crippen molar-refractivity contribution in [1.29, 1.82) is 0 Å². The van der Waals surface area contributed by atoms with Gasteiger partial charge in [0.1, 0.15) is 0 Å². The number of benzene rings is 2. The Labute approximate surface area is 264 Å². The molecule has 0 radical (unpaired) electrons. The first-order chi connectivity index (χ1) is 19.8. The minimum atomic E-state index is -4.41. The van der Waals surface area contributed by atoms with E-state index in [2.05, 4.69) is 37.5 Å². The number of rotatable bonds is 10. The molecule has 0 aromatic heterocycles. The number of halogens is 6. The van der Waals surface area contributed by atoms with Crippen LogP contribution in [-0.2, 0) is 25.2 Å². The molecule has 2 rings (SSSR count). The van der Waals surface area contributed by atoms with Gasteiger partial charge in [-0.05, 0) is 86.8 Å². The summed E-state index contributed by atoms with van der Waals surface area (Å²) in [7, 11) is 0. The van der Waals surface area contributed by atoms with Crippen molar-refractivity contribution in [3.05, 3.63) is 68.8 Å². The van der Waals surface area contributed by atoms with E-state index in [1.54, 1.807) is 19.1 Å². The predicted octanol–water partition coefficient (Wildman–Crippen LogP) is 13.1. The molecule has 0 saturated carbocycles. The van der Waals surface area contributed by atoms with E-state index in [4.69, 9.17) is 0 Å². The van der Waals surface area contributed by atoms with Crippen LogP contribution in [0, 0.1) is 37.5 Å². The molecule has 0 heterocycles. The van der Waals surface area contributed by atoms with Gasteiger partial charge in [0, 0.05) is 24.0 Å². The number of aryl methyl sites for hydroxylation is 2. The lowest BCUT2D eigenvalue weighted by atomic mass is 9.91. The van der Waals surface area contributed by atoms with Gasteiger partial charge in [0.25, 0.3) is 0 Å². The SMILES string of the molecule is C.C.CCCC#Cc1ccc(C#CCCC)c(C(F)(F)F)c1C.CCCCCc1ccc(CCCCC)c(C(F)(F)F)c1C. The molecular weight excluding hydrogens is 570 g/mol.